The third-order valence-corrected chi connectivity index (χ3v) is 6.02. The maximum Gasteiger partial charge on any atom is 0.221 e. The van der Waals surface area contributed by atoms with Crippen LogP contribution in [-0.4, -0.2) is 37.1 Å². The lowest BCUT2D eigenvalue weighted by molar-refractivity contribution is -0.886. The van der Waals surface area contributed by atoms with Crippen LogP contribution in [0, 0.1) is 0 Å². The molecule has 0 aliphatic carbocycles. The molecule has 5 heteroatoms. The van der Waals surface area contributed by atoms with Gasteiger partial charge in [0.05, 0.1) is 26.2 Å². The van der Waals surface area contributed by atoms with Gasteiger partial charge in [-0.1, -0.05) is 41.9 Å². The van der Waals surface area contributed by atoms with E-state index in [1.807, 2.05) is 42.6 Å². The summed E-state index contributed by atoms with van der Waals surface area (Å²) < 4.78 is 0. The van der Waals surface area contributed by atoms with Gasteiger partial charge in [0, 0.05) is 47.3 Å². The van der Waals surface area contributed by atoms with Crippen LogP contribution >= 0.6 is 11.6 Å². The molecule has 1 saturated heterocycles. The highest BCUT2D eigenvalue weighted by Crippen LogP contribution is 2.33. The molecule has 0 radical (unpaired) electrons. The average molecular weight is 397 g/mol. The summed E-state index contributed by atoms with van der Waals surface area (Å²) in [6.45, 7) is 4.23. The number of hydrogen-bond donors (Lipinski definition) is 3. The molecule has 2 heterocycles. The van der Waals surface area contributed by atoms with Crippen LogP contribution in [-0.2, 0) is 4.79 Å². The number of likely N-dealkylation sites (tertiary alicyclic amines) is 1. The molecule has 1 aromatic heterocycles. The molecule has 28 heavy (non-hydrogen) atoms. The first-order valence-corrected chi connectivity index (χ1v) is 10.5. The van der Waals surface area contributed by atoms with Crippen LogP contribution in [0.5, 0.6) is 0 Å². The summed E-state index contributed by atoms with van der Waals surface area (Å²) in [6.07, 6.45) is 5.08. The van der Waals surface area contributed by atoms with Crippen LogP contribution in [0.25, 0.3) is 10.9 Å². The summed E-state index contributed by atoms with van der Waals surface area (Å²) in [5.74, 6) is 0.0939. The fourth-order valence-corrected chi connectivity index (χ4v) is 4.37. The maximum atomic E-state index is 12.7. The SMILES string of the molecule is O=C(C[C@H](c1ccc(Cl)cc1)c1c[nH]c2ccccc12)NCC[NH+]1CCCC1. The second-order valence-electron chi connectivity index (χ2n) is 7.65. The summed E-state index contributed by atoms with van der Waals surface area (Å²) in [6, 6.07) is 16.1. The Labute approximate surface area is 170 Å². The van der Waals surface area contributed by atoms with E-state index in [9.17, 15) is 4.79 Å². The summed E-state index contributed by atoms with van der Waals surface area (Å²) >= 11 is 6.08. The number of halogens is 1. The van der Waals surface area contributed by atoms with Gasteiger partial charge in [-0.3, -0.25) is 4.79 Å². The largest absolute Gasteiger partial charge is 0.361 e. The molecule has 1 amide bonds. The molecule has 1 aliphatic rings. The third-order valence-electron chi connectivity index (χ3n) is 5.77. The zero-order valence-corrected chi connectivity index (χ0v) is 16.8. The number of carbonyl (C=O) groups excluding carboxylic acids is 1. The number of rotatable bonds is 7. The Balaban J connectivity index is 1.51. The number of fused-ring (bicyclic) bond motifs is 1. The number of hydrogen-bond acceptors (Lipinski definition) is 1. The van der Waals surface area contributed by atoms with Crippen molar-refractivity contribution in [1.29, 1.82) is 0 Å². The van der Waals surface area contributed by atoms with Crippen LogP contribution in [0.4, 0.5) is 0 Å². The van der Waals surface area contributed by atoms with E-state index >= 15 is 0 Å². The van der Waals surface area contributed by atoms with Crippen LogP contribution in [0.1, 0.15) is 36.3 Å². The highest BCUT2D eigenvalue weighted by Gasteiger charge is 2.22. The quantitative estimate of drug-likeness (QED) is 0.564. The van der Waals surface area contributed by atoms with Gasteiger partial charge in [0.2, 0.25) is 5.91 Å². The number of quaternary nitrogens is 1. The molecule has 0 spiro atoms. The van der Waals surface area contributed by atoms with Crippen LogP contribution in [0.15, 0.2) is 54.7 Å². The molecule has 4 rings (SSSR count). The van der Waals surface area contributed by atoms with Crippen molar-refractivity contribution in [3.8, 4) is 0 Å². The van der Waals surface area contributed by atoms with Crippen molar-refractivity contribution in [1.82, 2.24) is 10.3 Å². The number of H-pyrrole nitrogens is 1. The minimum atomic E-state index is -0.00690. The number of para-hydroxylation sites is 1. The molecule has 2 aromatic carbocycles. The van der Waals surface area contributed by atoms with Gasteiger partial charge in [-0.2, -0.15) is 0 Å². The number of benzene rings is 2. The molecule has 4 nitrogen and oxygen atoms in total. The Morgan fingerprint density at radius 1 is 1.11 bits per heavy atom. The molecular formula is C23H27ClN3O+. The number of carbonyl (C=O) groups is 1. The van der Waals surface area contributed by atoms with Gasteiger partial charge in [0.25, 0.3) is 0 Å². The normalized spacial score (nSPS) is 15.8. The van der Waals surface area contributed by atoms with Gasteiger partial charge in [-0.05, 0) is 29.3 Å². The molecule has 3 aromatic rings. The molecule has 1 aliphatic heterocycles. The van der Waals surface area contributed by atoms with E-state index in [1.165, 1.54) is 25.9 Å². The van der Waals surface area contributed by atoms with Gasteiger partial charge in [0.1, 0.15) is 0 Å². The molecule has 1 fully saturated rings. The Morgan fingerprint density at radius 2 is 1.86 bits per heavy atom. The zero-order chi connectivity index (χ0) is 19.3. The van der Waals surface area contributed by atoms with Crippen LogP contribution in [0.3, 0.4) is 0 Å². The van der Waals surface area contributed by atoms with E-state index in [4.69, 9.17) is 11.6 Å². The van der Waals surface area contributed by atoms with Crippen molar-refractivity contribution in [3.63, 3.8) is 0 Å². The summed E-state index contributed by atoms with van der Waals surface area (Å²) in [5.41, 5.74) is 3.35. The van der Waals surface area contributed by atoms with Crippen molar-refractivity contribution < 1.29 is 9.69 Å². The van der Waals surface area contributed by atoms with E-state index in [-0.39, 0.29) is 11.8 Å². The summed E-state index contributed by atoms with van der Waals surface area (Å²) in [7, 11) is 0. The Hall–Kier alpha value is -2.30. The summed E-state index contributed by atoms with van der Waals surface area (Å²) in [5, 5.41) is 5.01. The van der Waals surface area contributed by atoms with Crippen molar-refractivity contribution in [2.45, 2.75) is 25.2 Å². The highest BCUT2D eigenvalue weighted by atomic mass is 35.5. The zero-order valence-electron chi connectivity index (χ0n) is 16.0. The van der Waals surface area contributed by atoms with E-state index < -0.39 is 0 Å². The van der Waals surface area contributed by atoms with Crippen molar-refractivity contribution >= 4 is 28.4 Å². The minimum absolute atomic E-state index is 0.00690. The van der Waals surface area contributed by atoms with Crippen molar-refractivity contribution in [3.05, 3.63) is 70.9 Å². The molecule has 0 bridgehead atoms. The third kappa shape index (κ3) is 4.40. The maximum absolute atomic E-state index is 12.7. The lowest BCUT2D eigenvalue weighted by Gasteiger charge is -2.18. The monoisotopic (exact) mass is 396 g/mol. The molecular weight excluding hydrogens is 370 g/mol. The van der Waals surface area contributed by atoms with Gasteiger partial charge in [0.15, 0.2) is 0 Å². The lowest BCUT2D eigenvalue weighted by atomic mass is 9.88. The van der Waals surface area contributed by atoms with E-state index in [0.29, 0.717) is 11.4 Å². The second kappa shape index (κ2) is 8.80. The fourth-order valence-electron chi connectivity index (χ4n) is 4.25. The molecule has 0 unspecified atom stereocenters. The standard InChI is InChI=1S/C23H26ClN3O/c24-18-9-7-17(8-10-18)20(21-16-26-22-6-2-1-5-19(21)22)15-23(28)25-11-14-27-12-3-4-13-27/h1-2,5-10,16,20,26H,3-4,11-15H2,(H,25,28)/p+1/t20-/m1/s1. The van der Waals surface area contributed by atoms with Crippen LogP contribution < -0.4 is 10.2 Å². The molecule has 146 valence electrons. The number of nitrogens with one attached hydrogen (secondary N) is 3. The molecule has 1 atom stereocenters. The minimum Gasteiger partial charge on any atom is -0.361 e. The van der Waals surface area contributed by atoms with E-state index in [1.54, 1.807) is 4.90 Å². The Bertz CT molecular complexity index is 928. The second-order valence-corrected chi connectivity index (χ2v) is 8.09. The summed E-state index contributed by atoms with van der Waals surface area (Å²) in [4.78, 5) is 17.7. The average Bonchev–Trinajstić information content (AvgIpc) is 3.37. The molecule has 3 N–H and O–H groups in total. The smallest absolute Gasteiger partial charge is 0.221 e. The van der Waals surface area contributed by atoms with Gasteiger partial charge in [-0.15, -0.1) is 0 Å². The van der Waals surface area contributed by atoms with E-state index in [2.05, 4.69) is 22.4 Å². The Kier molecular flexibility index (Phi) is 5.98. The van der Waals surface area contributed by atoms with Crippen LogP contribution in [0.2, 0.25) is 5.02 Å². The first kappa shape index (κ1) is 19.0. The number of aromatic amines is 1. The molecule has 0 saturated carbocycles. The highest BCUT2D eigenvalue weighted by molar-refractivity contribution is 6.30. The number of aromatic nitrogens is 1. The lowest BCUT2D eigenvalue weighted by Crippen LogP contribution is -3.10. The predicted octanol–water partition coefficient (Wildman–Crippen LogP) is 3.14. The van der Waals surface area contributed by atoms with Gasteiger partial charge >= 0.3 is 0 Å². The number of amides is 1. The van der Waals surface area contributed by atoms with Crippen molar-refractivity contribution in [2.75, 3.05) is 26.2 Å². The van der Waals surface area contributed by atoms with E-state index in [0.717, 1.165) is 35.1 Å². The van der Waals surface area contributed by atoms with Crippen molar-refractivity contribution in [2.24, 2.45) is 0 Å². The van der Waals surface area contributed by atoms with Gasteiger partial charge < -0.3 is 15.2 Å². The first-order valence-electron chi connectivity index (χ1n) is 10.1. The predicted molar refractivity (Wildman–Crippen MR) is 114 cm³/mol. The topological polar surface area (TPSA) is 49.3 Å². The van der Waals surface area contributed by atoms with Gasteiger partial charge in [-0.25, -0.2) is 0 Å². The fraction of sp³-hybridized carbons (Fsp3) is 0.348. The Morgan fingerprint density at radius 3 is 2.64 bits per heavy atom. The first-order chi connectivity index (χ1) is 13.7.